The number of nitrogens with zero attached hydrogens (tertiary/aromatic N) is 2. The number of cyclic esters (lactones) is 2. The summed E-state index contributed by atoms with van der Waals surface area (Å²) in [5, 5.41) is 17.9. The molecule has 336 valence electrons. The summed E-state index contributed by atoms with van der Waals surface area (Å²) in [5.74, 6) is -5.59. The van der Waals surface area contributed by atoms with E-state index in [9.17, 15) is 38.7 Å². The van der Waals surface area contributed by atoms with Gasteiger partial charge in [-0.15, -0.1) is 0 Å². The van der Waals surface area contributed by atoms with Gasteiger partial charge in [-0.05, 0) is 69.1 Å². The van der Waals surface area contributed by atoms with Gasteiger partial charge in [-0.25, -0.2) is 9.59 Å². The zero-order valence-electron chi connectivity index (χ0n) is 37.6. The zero-order chi connectivity index (χ0) is 45.6. The Kier molecular flexibility index (Phi) is 20.2. The van der Waals surface area contributed by atoms with Gasteiger partial charge in [-0.3, -0.25) is 24.0 Å². The van der Waals surface area contributed by atoms with Crippen molar-refractivity contribution in [1.29, 1.82) is 0 Å². The summed E-state index contributed by atoms with van der Waals surface area (Å²) in [7, 11) is 2.80. The molecule has 1 aromatic carbocycles. The maximum Gasteiger partial charge on any atom is 0.334 e. The highest BCUT2D eigenvalue weighted by atomic mass is 16.6. The number of nitrogens with two attached hydrogens (primary N) is 1. The van der Waals surface area contributed by atoms with Crippen molar-refractivity contribution in [3.63, 3.8) is 0 Å². The Morgan fingerprint density at radius 2 is 1.40 bits per heavy atom. The lowest BCUT2D eigenvalue weighted by atomic mass is 9.85. The molecule has 0 aliphatic carbocycles. The van der Waals surface area contributed by atoms with E-state index < -0.39 is 90.4 Å². The Bertz CT molecular complexity index is 1680. The molecule has 0 saturated heterocycles. The second-order valence-electron chi connectivity index (χ2n) is 16.9. The number of benzene rings is 1. The summed E-state index contributed by atoms with van der Waals surface area (Å²) in [5.41, 5.74) is 7.43. The van der Waals surface area contributed by atoms with Gasteiger partial charge >= 0.3 is 11.9 Å². The number of carbonyl (C=O) groups is 7. The third kappa shape index (κ3) is 14.9. The van der Waals surface area contributed by atoms with Crippen molar-refractivity contribution in [1.82, 2.24) is 25.8 Å². The topological polar surface area (TPSA) is 227 Å². The molecule has 16 heteroatoms. The van der Waals surface area contributed by atoms with Crippen molar-refractivity contribution >= 4 is 41.5 Å². The van der Waals surface area contributed by atoms with Gasteiger partial charge < -0.3 is 46.1 Å². The predicted molar refractivity (Wildman–Crippen MR) is 227 cm³/mol. The van der Waals surface area contributed by atoms with E-state index in [4.69, 9.17) is 15.2 Å². The first-order valence-corrected chi connectivity index (χ1v) is 21.1. The molecule has 10 atom stereocenters. The number of aromatic hydroxyl groups is 1. The van der Waals surface area contributed by atoms with Gasteiger partial charge in [0, 0.05) is 38.0 Å². The summed E-state index contributed by atoms with van der Waals surface area (Å²) in [6.07, 6.45) is 1.24. The molecule has 16 nitrogen and oxygen atoms in total. The van der Waals surface area contributed by atoms with Crippen molar-refractivity contribution in [3.8, 4) is 5.75 Å². The fourth-order valence-electron chi connectivity index (χ4n) is 6.83. The van der Waals surface area contributed by atoms with Crippen LogP contribution in [0.15, 0.2) is 35.9 Å². The number of ether oxygens (including phenoxy) is 2. The van der Waals surface area contributed by atoms with Crippen LogP contribution in [0.1, 0.15) is 100 Å². The lowest BCUT2D eigenvalue weighted by Gasteiger charge is -2.34. The molecule has 0 spiro atoms. The van der Waals surface area contributed by atoms with Crippen LogP contribution in [0, 0.1) is 23.7 Å². The molecule has 0 saturated carbocycles. The summed E-state index contributed by atoms with van der Waals surface area (Å²) in [6, 6.07) is 1.01. The van der Waals surface area contributed by atoms with E-state index in [1.54, 1.807) is 32.1 Å². The number of phenolic OH excluding ortho intramolecular Hbond substituents is 1. The smallest absolute Gasteiger partial charge is 0.334 e. The number of esters is 2. The molecule has 60 heavy (non-hydrogen) atoms. The number of carbonyl (C=O) groups excluding carboxylic acids is 7. The summed E-state index contributed by atoms with van der Waals surface area (Å²) in [6.45, 7) is 17.1. The third-order valence-corrected chi connectivity index (χ3v) is 11.4. The largest absolute Gasteiger partial charge is 0.508 e. The minimum absolute atomic E-state index is 0.00128. The average Bonchev–Trinajstić information content (AvgIpc) is 3.20. The molecule has 0 bridgehead atoms. The first kappa shape index (κ1) is 51.2. The zero-order valence-corrected chi connectivity index (χ0v) is 37.6. The van der Waals surface area contributed by atoms with Crippen molar-refractivity contribution < 1.29 is 48.1 Å². The van der Waals surface area contributed by atoms with Gasteiger partial charge in [0.2, 0.25) is 23.6 Å². The Balaban J connectivity index is 2.62. The first-order valence-electron chi connectivity index (χ1n) is 21.1. The van der Waals surface area contributed by atoms with Gasteiger partial charge in [-0.2, -0.15) is 0 Å². The Morgan fingerprint density at radius 3 is 1.97 bits per heavy atom. The molecule has 0 fully saturated rings. The first-order chi connectivity index (χ1) is 28.0. The fraction of sp³-hybridized carbons (Fsp3) is 0.659. The van der Waals surface area contributed by atoms with E-state index in [0.29, 0.717) is 18.4 Å². The van der Waals surface area contributed by atoms with Crippen molar-refractivity contribution in [2.24, 2.45) is 29.4 Å². The van der Waals surface area contributed by atoms with Crippen molar-refractivity contribution in [2.45, 2.75) is 144 Å². The van der Waals surface area contributed by atoms with E-state index in [1.807, 2.05) is 41.5 Å². The van der Waals surface area contributed by atoms with E-state index in [0.717, 1.165) is 4.90 Å². The summed E-state index contributed by atoms with van der Waals surface area (Å²) < 4.78 is 11.7. The molecule has 1 aromatic rings. The molecule has 0 radical (unpaired) electrons. The number of hydrogen-bond donors (Lipinski definition) is 5. The third-order valence-electron chi connectivity index (χ3n) is 11.4. The molecule has 0 aromatic heterocycles. The highest BCUT2D eigenvalue weighted by molar-refractivity contribution is 5.96. The number of likely N-dealkylation sites (N-methyl/N-ethyl adjacent to an activating group) is 2. The van der Waals surface area contributed by atoms with Crippen molar-refractivity contribution in [3.05, 3.63) is 41.5 Å². The minimum Gasteiger partial charge on any atom is -0.508 e. The average molecular weight is 843 g/mol. The second kappa shape index (κ2) is 23.7. The van der Waals surface area contributed by atoms with E-state index >= 15 is 0 Å². The molecule has 6 N–H and O–H groups in total. The normalized spacial score (nSPS) is 28.8. The van der Waals surface area contributed by atoms with Gasteiger partial charge in [0.25, 0.3) is 5.91 Å². The van der Waals surface area contributed by atoms with E-state index in [2.05, 4.69) is 16.0 Å². The van der Waals surface area contributed by atoms with Crippen LogP contribution in [0.5, 0.6) is 5.75 Å². The highest BCUT2D eigenvalue weighted by Gasteiger charge is 2.37. The van der Waals surface area contributed by atoms with Gasteiger partial charge in [0.1, 0.15) is 36.0 Å². The van der Waals surface area contributed by atoms with Crippen LogP contribution < -0.4 is 21.7 Å². The monoisotopic (exact) mass is 843 g/mol. The van der Waals surface area contributed by atoms with Crippen molar-refractivity contribution in [2.75, 3.05) is 20.6 Å². The molecular weight excluding hydrogens is 773 g/mol. The fourth-order valence-corrected chi connectivity index (χ4v) is 6.83. The van der Waals surface area contributed by atoms with Gasteiger partial charge in [0.05, 0.1) is 6.54 Å². The van der Waals surface area contributed by atoms with Crippen LogP contribution in [-0.4, -0.2) is 119 Å². The lowest BCUT2D eigenvalue weighted by molar-refractivity contribution is -0.158. The Hall–Kier alpha value is -4.99. The molecule has 1 unspecified atom stereocenters. The van der Waals surface area contributed by atoms with Crippen LogP contribution in [0.2, 0.25) is 0 Å². The number of nitrogens with one attached hydrogen (secondary N) is 3. The Morgan fingerprint density at radius 1 is 0.817 bits per heavy atom. The maximum atomic E-state index is 14.2. The lowest BCUT2D eigenvalue weighted by Crippen LogP contribution is -2.57. The Labute approximate surface area is 355 Å². The highest BCUT2D eigenvalue weighted by Crippen LogP contribution is 2.25. The van der Waals surface area contributed by atoms with Gasteiger partial charge in [0.15, 0.2) is 6.10 Å². The molecule has 1 aliphatic heterocycles. The van der Waals surface area contributed by atoms with Crippen LogP contribution in [0.4, 0.5) is 0 Å². The van der Waals surface area contributed by atoms with Crippen LogP contribution in [0.3, 0.4) is 0 Å². The number of amides is 5. The predicted octanol–water partition coefficient (Wildman–Crippen LogP) is 2.99. The molecule has 5 amide bonds. The number of hydrogen-bond acceptors (Lipinski definition) is 11. The maximum absolute atomic E-state index is 14.2. The summed E-state index contributed by atoms with van der Waals surface area (Å²) >= 11 is 0. The quantitative estimate of drug-likeness (QED) is 0.239. The molecule has 1 aliphatic rings. The van der Waals surface area contributed by atoms with Crippen LogP contribution in [0.25, 0.3) is 0 Å². The van der Waals surface area contributed by atoms with E-state index in [1.165, 1.54) is 45.0 Å². The molecule has 1 heterocycles. The standard InChI is InChI=1S/C44H70N6O10/c1-13-25(5)37-40(54)47-30(10)44(58)60-38(26(6)14-2)28(8)33(45)20-15-27(7)43(57)59-35(21-24(3)4)39(53)46-29(9)41(55)50(12)34(22-31-16-18-32(51)19-17-31)42(56)49(11)23-36(52)48-37/h15-19,24-26,28-30,33-35,37-38,51H,13-14,20-23,45H2,1-12H3,(H,46,53)(H,47,54)(H,48,52)/b27-15+/t25?,26-,28-,29-,30+,33-,34+,35+,37-,38+/m0/s1. The number of phenols is 1. The minimum atomic E-state index is -1.25. The number of rotatable bonds is 8. The van der Waals surface area contributed by atoms with E-state index in [-0.39, 0.29) is 54.3 Å². The van der Waals surface area contributed by atoms with Gasteiger partial charge in [-0.1, -0.05) is 79.5 Å². The summed E-state index contributed by atoms with van der Waals surface area (Å²) in [4.78, 5) is 98.2. The van der Waals surface area contributed by atoms with Crippen LogP contribution in [-0.2, 0) is 49.5 Å². The molecular formula is C44H70N6O10. The second-order valence-corrected chi connectivity index (χ2v) is 16.9. The SMILES string of the molecule is CCC(C)[C@@H]1NC(=O)CN(C)C(=O)[C@@H](Cc2ccc(O)cc2)N(C)C(=O)[C@H](C)NC(=O)[C@@H](CC(C)C)OC(=O)/C(C)=C/C[C@H](N)[C@H](C)[C@@H]([C@@H](C)CC)OC(=O)[C@@H](C)NC1=O. The van der Waals surface area contributed by atoms with Crippen LogP contribution >= 0.6 is 0 Å². The molecule has 2 rings (SSSR count).